The van der Waals surface area contributed by atoms with E-state index in [0.717, 1.165) is 12.8 Å². The Morgan fingerprint density at radius 3 is 2.63 bits per heavy atom. The first-order valence-corrected chi connectivity index (χ1v) is 14.4. The molecule has 0 aromatic heterocycles. The van der Waals surface area contributed by atoms with Crippen LogP contribution in [0.25, 0.3) is 0 Å². The van der Waals surface area contributed by atoms with Crippen molar-refractivity contribution in [3.8, 4) is 0 Å². The number of ether oxygens (including phenoxy) is 2. The molecule has 2 bridgehead atoms. The van der Waals surface area contributed by atoms with Crippen molar-refractivity contribution in [2.75, 3.05) is 13.7 Å². The smallest absolute Gasteiger partial charge is 0.259 e. The van der Waals surface area contributed by atoms with Gasteiger partial charge in [-0.25, -0.2) is 0 Å². The highest BCUT2D eigenvalue weighted by atomic mass is 16.6. The van der Waals surface area contributed by atoms with Crippen molar-refractivity contribution < 1.29 is 29.0 Å². The van der Waals surface area contributed by atoms with Crippen LogP contribution in [-0.2, 0) is 23.9 Å². The number of hydrogen-bond donors (Lipinski definition) is 3. The number of allylic oxidation sites excluding steroid dienone is 3. The summed E-state index contributed by atoms with van der Waals surface area (Å²) in [5.41, 5.74) is -0.152. The van der Waals surface area contributed by atoms with E-state index in [1.54, 1.807) is 19.3 Å². The minimum absolute atomic E-state index is 0.135. The molecule has 0 spiro atoms. The number of hydrogen-bond acceptors (Lipinski definition) is 6. The van der Waals surface area contributed by atoms with Crippen molar-refractivity contribution in [1.29, 1.82) is 0 Å². The highest BCUT2D eigenvalue weighted by molar-refractivity contribution is 6.27. The summed E-state index contributed by atoms with van der Waals surface area (Å²) in [5.74, 6) is 2.16. The van der Waals surface area contributed by atoms with Gasteiger partial charge in [0.2, 0.25) is 5.91 Å². The summed E-state index contributed by atoms with van der Waals surface area (Å²) < 4.78 is 12.2. The molecule has 2 saturated heterocycles. The highest BCUT2D eigenvalue weighted by Gasteiger charge is 2.68. The van der Waals surface area contributed by atoms with Gasteiger partial charge in [0.15, 0.2) is 5.78 Å². The number of nitrogens with one attached hydrogen (secondary N) is 2. The third-order valence-corrected chi connectivity index (χ3v) is 10.6. The van der Waals surface area contributed by atoms with Crippen molar-refractivity contribution in [2.24, 2.45) is 47.3 Å². The molecule has 0 unspecified atom stereocenters. The van der Waals surface area contributed by atoms with Crippen molar-refractivity contribution in [2.45, 2.75) is 70.3 Å². The van der Waals surface area contributed by atoms with Crippen LogP contribution >= 0.6 is 0 Å². The van der Waals surface area contributed by atoms with Crippen LogP contribution in [0.3, 0.4) is 0 Å². The van der Waals surface area contributed by atoms with E-state index >= 15 is 0 Å². The standard InChI is InChI=1S/C30H40N2O6/c1-14-12-18-19-13-16-9-10-21(33)26-27(35)20(32-30(26)36)7-5-11-31-22(34)8-4-6-17(16)24(19)28-29(38-28)25(18)23(14)15(2)37-3/h4,8-10,14-20,23-25,28-29,33H,5-7,11-13H2,1-3H3,(H,31,34)(H,32,36)/b8-4-,10-9-,26-21-/t14-,15-,16-,17+,18-,19-,20+,23+,24-,25-,28+,29-/m1/s1. The maximum absolute atomic E-state index is 12.9. The lowest BCUT2D eigenvalue weighted by Crippen LogP contribution is -2.41. The third-order valence-electron chi connectivity index (χ3n) is 10.6. The number of ketones is 1. The molecule has 8 nitrogen and oxygen atoms in total. The first-order chi connectivity index (χ1) is 18.3. The summed E-state index contributed by atoms with van der Waals surface area (Å²) in [6.07, 6.45) is 11.7. The molecule has 206 valence electrons. The number of fused-ring (bicyclic) bond motifs is 10. The Bertz CT molecular complexity index is 1100. The summed E-state index contributed by atoms with van der Waals surface area (Å²) in [5, 5.41) is 16.4. The Hall–Kier alpha value is -2.45. The van der Waals surface area contributed by atoms with Gasteiger partial charge in [-0.05, 0) is 98.5 Å². The molecule has 0 aromatic rings. The first-order valence-electron chi connectivity index (χ1n) is 14.4. The van der Waals surface area contributed by atoms with E-state index in [0.29, 0.717) is 54.9 Å². The van der Waals surface area contributed by atoms with Crippen molar-refractivity contribution >= 4 is 17.6 Å². The van der Waals surface area contributed by atoms with Gasteiger partial charge in [-0.1, -0.05) is 19.1 Å². The molecule has 3 saturated carbocycles. The maximum atomic E-state index is 12.9. The second-order valence-corrected chi connectivity index (χ2v) is 12.4. The number of methoxy groups -OCH3 is 1. The van der Waals surface area contributed by atoms with Gasteiger partial charge in [-0.15, -0.1) is 0 Å². The Morgan fingerprint density at radius 2 is 1.84 bits per heavy atom. The SMILES string of the molecule is CO[C@H](C)[C@H]1[C@H]2[C@H](C[C@H]1C)[C@H]1C[C@H]3/C=C\C(O)=C4\C(=O)N[C@@H](CCCNC(=O)/C=C\C[C@@H]3[C@H]1[C@@H]1O[C@@H]12)C4=O. The van der Waals surface area contributed by atoms with E-state index in [-0.39, 0.29) is 53.2 Å². The lowest BCUT2D eigenvalue weighted by molar-refractivity contribution is -0.118. The van der Waals surface area contributed by atoms with Crippen LogP contribution in [-0.4, -0.2) is 60.7 Å². The van der Waals surface area contributed by atoms with Gasteiger partial charge in [-0.2, -0.15) is 0 Å². The molecule has 3 N–H and O–H groups in total. The molecule has 2 amide bonds. The monoisotopic (exact) mass is 524 g/mol. The number of aliphatic hydroxyl groups excluding tert-OH is 1. The predicted octanol–water partition coefficient (Wildman–Crippen LogP) is 2.85. The molecule has 0 aromatic carbocycles. The molecule has 38 heavy (non-hydrogen) atoms. The van der Waals surface area contributed by atoms with Crippen molar-refractivity contribution in [3.63, 3.8) is 0 Å². The van der Waals surface area contributed by atoms with Gasteiger partial charge in [-0.3, -0.25) is 14.4 Å². The molecule has 3 heterocycles. The molecule has 0 radical (unpaired) electrons. The van der Waals surface area contributed by atoms with Gasteiger partial charge in [0, 0.05) is 13.7 Å². The zero-order valence-electron chi connectivity index (χ0n) is 22.5. The molecule has 8 heteroatoms. The van der Waals surface area contributed by atoms with E-state index in [1.165, 1.54) is 6.42 Å². The number of Topliss-reactive ketones (excluding diaryl/α,β-unsaturated/α-hetero) is 1. The van der Waals surface area contributed by atoms with Gasteiger partial charge < -0.3 is 25.2 Å². The fraction of sp³-hybridized carbons (Fsp3) is 0.700. The zero-order valence-corrected chi connectivity index (χ0v) is 22.5. The van der Waals surface area contributed by atoms with E-state index < -0.39 is 11.9 Å². The van der Waals surface area contributed by atoms with Crippen LogP contribution in [0.5, 0.6) is 0 Å². The summed E-state index contributed by atoms with van der Waals surface area (Å²) in [6.45, 7) is 4.96. The first kappa shape index (κ1) is 25.8. The quantitative estimate of drug-likeness (QED) is 0.378. The molecule has 3 aliphatic carbocycles. The van der Waals surface area contributed by atoms with E-state index in [4.69, 9.17) is 9.47 Å². The normalized spacial score (nSPS) is 48.7. The number of carbonyl (C=O) groups excluding carboxylic acids is 3. The fourth-order valence-electron chi connectivity index (χ4n) is 9.00. The van der Waals surface area contributed by atoms with Crippen LogP contribution in [0.2, 0.25) is 0 Å². The molecule has 3 aliphatic heterocycles. The number of rotatable bonds is 2. The van der Waals surface area contributed by atoms with Crippen LogP contribution in [0.4, 0.5) is 0 Å². The van der Waals surface area contributed by atoms with E-state index in [2.05, 4.69) is 24.5 Å². The largest absolute Gasteiger partial charge is 0.507 e. The Labute approximate surface area is 224 Å². The maximum Gasteiger partial charge on any atom is 0.259 e. The summed E-state index contributed by atoms with van der Waals surface area (Å²) >= 11 is 0. The number of amides is 2. The third kappa shape index (κ3) is 4.24. The topological polar surface area (TPSA) is 117 Å². The minimum atomic E-state index is -0.664. The zero-order chi connectivity index (χ0) is 26.7. The van der Waals surface area contributed by atoms with Crippen LogP contribution in [0.15, 0.2) is 35.6 Å². The van der Waals surface area contributed by atoms with Crippen LogP contribution < -0.4 is 10.6 Å². The molecular weight excluding hydrogens is 484 g/mol. The van der Waals surface area contributed by atoms with Gasteiger partial charge in [0.25, 0.3) is 5.91 Å². The second kappa shape index (κ2) is 9.94. The highest BCUT2D eigenvalue weighted by Crippen LogP contribution is 2.66. The Balaban J connectivity index is 1.32. The molecule has 5 fully saturated rings. The van der Waals surface area contributed by atoms with E-state index in [1.807, 2.05) is 12.2 Å². The van der Waals surface area contributed by atoms with Crippen molar-refractivity contribution in [3.05, 3.63) is 35.6 Å². The molecule has 12 atom stereocenters. The van der Waals surface area contributed by atoms with Crippen molar-refractivity contribution in [1.82, 2.24) is 10.6 Å². The predicted molar refractivity (Wildman–Crippen MR) is 140 cm³/mol. The number of carbonyl (C=O) groups is 3. The van der Waals surface area contributed by atoms with Gasteiger partial charge in [0.1, 0.15) is 11.3 Å². The van der Waals surface area contributed by atoms with Crippen LogP contribution in [0, 0.1) is 47.3 Å². The molecular formula is C30H40N2O6. The molecule has 6 rings (SSSR count). The average molecular weight is 525 g/mol. The summed E-state index contributed by atoms with van der Waals surface area (Å²) in [4.78, 5) is 37.8. The second-order valence-electron chi connectivity index (χ2n) is 12.4. The summed E-state index contributed by atoms with van der Waals surface area (Å²) in [7, 11) is 1.80. The number of aliphatic hydroxyl groups is 1. The average Bonchev–Trinajstić information content (AvgIpc) is 3.35. The van der Waals surface area contributed by atoms with Gasteiger partial charge >= 0.3 is 0 Å². The van der Waals surface area contributed by atoms with Gasteiger partial charge in [0.05, 0.1) is 24.4 Å². The lowest BCUT2D eigenvalue weighted by Gasteiger charge is -2.38. The Morgan fingerprint density at radius 1 is 1.08 bits per heavy atom. The molecule has 6 aliphatic rings. The van der Waals surface area contributed by atoms with Crippen LogP contribution in [0.1, 0.15) is 46.0 Å². The minimum Gasteiger partial charge on any atom is -0.507 e. The lowest BCUT2D eigenvalue weighted by atomic mass is 9.65. The Kier molecular flexibility index (Phi) is 6.75. The fourth-order valence-corrected chi connectivity index (χ4v) is 9.00. The van der Waals surface area contributed by atoms with E-state index in [9.17, 15) is 19.5 Å². The number of epoxide rings is 1. The summed E-state index contributed by atoms with van der Waals surface area (Å²) in [6, 6.07) is -0.664.